The van der Waals surface area contributed by atoms with Crippen LogP contribution >= 0.6 is 0 Å². The molecule has 5 rings (SSSR count). The number of anilines is 1. The smallest absolute Gasteiger partial charge is 0.238 e. The van der Waals surface area contributed by atoms with Crippen molar-refractivity contribution in [3.8, 4) is 0 Å². The molecule has 4 aromatic rings. The molecule has 28 heavy (non-hydrogen) atoms. The van der Waals surface area contributed by atoms with Crippen molar-refractivity contribution >= 4 is 33.5 Å². The predicted molar refractivity (Wildman–Crippen MR) is 111 cm³/mol. The molecule has 1 fully saturated rings. The molecule has 5 nitrogen and oxygen atoms in total. The summed E-state index contributed by atoms with van der Waals surface area (Å²) in [6, 6.07) is 18.3. The number of likely N-dealkylation sites (tertiary alicyclic amines) is 1. The van der Waals surface area contributed by atoms with Gasteiger partial charge in [-0.3, -0.25) is 9.69 Å². The number of aromatic nitrogens is 1. The number of carbonyl (C=O) groups excluding carboxylic acids is 1. The van der Waals surface area contributed by atoms with Gasteiger partial charge in [0.15, 0.2) is 0 Å². The van der Waals surface area contributed by atoms with E-state index in [1.807, 2.05) is 42.5 Å². The number of hydrogen-bond acceptors (Lipinski definition) is 3. The molecule has 0 unspecified atom stereocenters. The maximum Gasteiger partial charge on any atom is 0.238 e. The molecule has 0 saturated carbocycles. The lowest BCUT2D eigenvalue weighted by atomic mass is 10.1. The minimum Gasteiger partial charge on any atom is -0.456 e. The first kappa shape index (κ1) is 17.1. The number of hydrogen-bond donors (Lipinski definition) is 1. The first-order valence-corrected chi connectivity index (χ1v) is 9.75. The Morgan fingerprint density at radius 2 is 1.96 bits per heavy atom. The van der Waals surface area contributed by atoms with Crippen molar-refractivity contribution < 1.29 is 9.21 Å². The van der Waals surface area contributed by atoms with E-state index in [1.54, 1.807) is 0 Å². The van der Waals surface area contributed by atoms with Crippen LogP contribution < -0.4 is 5.32 Å². The highest BCUT2D eigenvalue weighted by Gasteiger charge is 2.29. The monoisotopic (exact) mass is 373 g/mol. The third-order valence-electron chi connectivity index (χ3n) is 5.70. The van der Waals surface area contributed by atoms with Crippen LogP contribution in [-0.2, 0) is 11.8 Å². The molecule has 0 spiro atoms. The van der Waals surface area contributed by atoms with Crippen LogP contribution in [0.25, 0.3) is 21.9 Å². The molecule has 2 aromatic heterocycles. The van der Waals surface area contributed by atoms with Crippen molar-refractivity contribution in [1.29, 1.82) is 0 Å². The molecule has 0 bridgehead atoms. The highest BCUT2D eigenvalue weighted by molar-refractivity contribution is 6.07. The summed E-state index contributed by atoms with van der Waals surface area (Å²) in [4.78, 5) is 15.0. The molecular formula is C23H23N3O2. The third kappa shape index (κ3) is 2.98. The number of fused-ring (bicyclic) bond motifs is 3. The van der Waals surface area contributed by atoms with E-state index in [4.69, 9.17) is 4.42 Å². The van der Waals surface area contributed by atoms with Gasteiger partial charge in [0.2, 0.25) is 5.91 Å². The van der Waals surface area contributed by atoms with Crippen LogP contribution in [0.4, 0.5) is 5.69 Å². The Kier molecular flexibility index (Phi) is 4.17. The first-order chi connectivity index (χ1) is 13.7. The fourth-order valence-corrected chi connectivity index (χ4v) is 4.36. The summed E-state index contributed by atoms with van der Waals surface area (Å²) >= 11 is 0. The van der Waals surface area contributed by atoms with Gasteiger partial charge in [-0.2, -0.15) is 0 Å². The fourth-order valence-electron chi connectivity index (χ4n) is 4.36. The molecule has 5 heteroatoms. The lowest BCUT2D eigenvalue weighted by molar-refractivity contribution is -0.117. The number of carbonyl (C=O) groups is 1. The highest BCUT2D eigenvalue weighted by atomic mass is 16.3. The Morgan fingerprint density at radius 1 is 1.11 bits per heavy atom. The molecule has 2 aromatic carbocycles. The molecular weight excluding hydrogens is 350 g/mol. The Bertz CT molecular complexity index is 1160. The maximum absolute atomic E-state index is 12.7. The van der Waals surface area contributed by atoms with Gasteiger partial charge in [0.25, 0.3) is 0 Å². The third-order valence-corrected chi connectivity index (χ3v) is 5.70. The zero-order valence-corrected chi connectivity index (χ0v) is 15.9. The van der Waals surface area contributed by atoms with Crippen molar-refractivity contribution in [1.82, 2.24) is 9.47 Å². The summed E-state index contributed by atoms with van der Waals surface area (Å²) in [5.41, 5.74) is 3.78. The number of amides is 1. The summed E-state index contributed by atoms with van der Waals surface area (Å²) in [5.74, 6) is 0.0215. The quantitative estimate of drug-likeness (QED) is 0.564. The summed E-state index contributed by atoms with van der Waals surface area (Å²) in [5, 5.41) is 5.16. The van der Waals surface area contributed by atoms with Crippen molar-refractivity contribution in [2.45, 2.75) is 18.9 Å². The van der Waals surface area contributed by atoms with Gasteiger partial charge < -0.3 is 14.3 Å². The second kappa shape index (κ2) is 6.84. The minimum absolute atomic E-state index is 0.0215. The Labute approximate surface area is 163 Å². The van der Waals surface area contributed by atoms with Gasteiger partial charge in [-0.25, -0.2) is 0 Å². The average molecular weight is 373 g/mol. The molecule has 1 aliphatic rings. The zero-order valence-electron chi connectivity index (χ0n) is 15.9. The van der Waals surface area contributed by atoms with Crippen LogP contribution in [0, 0.1) is 0 Å². The van der Waals surface area contributed by atoms with E-state index in [0.717, 1.165) is 47.0 Å². The SMILES string of the molecule is Cn1cccc1[C@H]1CCCN1CC(=O)Nc1ccc2oc3ccccc3c2c1. The van der Waals surface area contributed by atoms with Crippen LogP contribution in [0.5, 0.6) is 0 Å². The van der Waals surface area contributed by atoms with Crippen LogP contribution in [0.3, 0.4) is 0 Å². The summed E-state index contributed by atoms with van der Waals surface area (Å²) < 4.78 is 8.01. The Hall–Kier alpha value is -3.05. The van der Waals surface area contributed by atoms with E-state index >= 15 is 0 Å². The van der Waals surface area contributed by atoms with Gasteiger partial charge in [-0.05, 0) is 55.8 Å². The molecule has 0 radical (unpaired) electrons. The molecule has 1 amide bonds. The summed E-state index contributed by atoms with van der Waals surface area (Å²) in [6.07, 6.45) is 4.28. The van der Waals surface area contributed by atoms with Crippen molar-refractivity contribution in [2.75, 3.05) is 18.4 Å². The lowest BCUT2D eigenvalue weighted by Gasteiger charge is -2.24. The maximum atomic E-state index is 12.7. The van der Waals surface area contributed by atoms with E-state index in [9.17, 15) is 4.79 Å². The van der Waals surface area contributed by atoms with E-state index in [-0.39, 0.29) is 5.91 Å². The Balaban J connectivity index is 1.34. The van der Waals surface area contributed by atoms with Gasteiger partial charge in [0.05, 0.1) is 12.6 Å². The topological polar surface area (TPSA) is 50.4 Å². The van der Waals surface area contributed by atoms with E-state index in [0.29, 0.717) is 12.6 Å². The highest BCUT2D eigenvalue weighted by Crippen LogP contribution is 2.32. The van der Waals surface area contributed by atoms with Crippen LogP contribution in [0.15, 0.2) is 65.2 Å². The molecule has 0 aliphatic carbocycles. The van der Waals surface area contributed by atoms with E-state index in [1.165, 1.54) is 5.69 Å². The lowest BCUT2D eigenvalue weighted by Crippen LogP contribution is -2.33. The predicted octanol–water partition coefficient (Wildman–Crippen LogP) is 4.70. The Morgan fingerprint density at radius 3 is 2.82 bits per heavy atom. The number of nitrogens with one attached hydrogen (secondary N) is 1. The van der Waals surface area contributed by atoms with Crippen molar-refractivity contribution in [3.63, 3.8) is 0 Å². The first-order valence-electron chi connectivity index (χ1n) is 9.75. The number of rotatable bonds is 4. The van der Waals surface area contributed by atoms with Gasteiger partial charge >= 0.3 is 0 Å². The van der Waals surface area contributed by atoms with Gasteiger partial charge in [-0.1, -0.05) is 18.2 Å². The van der Waals surface area contributed by atoms with Gasteiger partial charge in [0, 0.05) is 35.4 Å². The molecule has 1 saturated heterocycles. The number of furan rings is 1. The van der Waals surface area contributed by atoms with Gasteiger partial charge in [0.1, 0.15) is 11.2 Å². The summed E-state index contributed by atoms with van der Waals surface area (Å²) in [7, 11) is 2.07. The van der Waals surface area contributed by atoms with Crippen LogP contribution in [-0.4, -0.2) is 28.5 Å². The van der Waals surface area contributed by atoms with Crippen LogP contribution in [0.1, 0.15) is 24.6 Å². The van der Waals surface area contributed by atoms with Gasteiger partial charge in [-0.15, -0.1) is 0 Å². The normalized spacial score (nSPS) is 17.5. The zero-order chi connectivity index (χ0) is 19.1. The van der Waals surface area contributed by atoms with Crippen molar-refractivity contribution in [2.24, 2.45) is 7.05 Å². The van der Waals surface area contributed by atoms with E-state index < -0.39 is 0 Å². The molecule has 1 atom stereocenters. The number of aryl methyl sites for hydroxylation is 1. The second-order valence-corrected chi connectivity index (χ2v) is 7.53. The minimum atomic E-state index is 0.0215. The summed E-state index contributed by atoms with van der Waals surface area (Å²) in [6.45, 7) is 1.36. The standard InChI is InChI=1S/C23H23N3O2/c1-25-12-4-7-19(25)20-8-5-13-26(20)15-23(27)24-16-10-11-22-18(14-16)17-6-2-3-9-21(17)28-22/h2-4,6-7,9-12,14,20H,5,8,13,15H2,1H3,(H,24,27)/t20-/m1/s1. The fraction of sp³-hybridized carbons (Fsp3) is 0.261. The van der Waals surface area contributed by atoms with E-state index in [2.05, 4.69) is 40.2 Å². The molecule has 3 heterocycles. The molecule has 142 valence electrons. The average Bonchev–Trinajstić information content (AvgIpc) is 3.40. The molecule has 1 aliphatic heterocycles. The number of nitrogens with zero attached hydrogens (tertiary/aromatic N) is 2. The number of benzene rings is 2. The van der Waals surface area contributed by atoms with Crippen molar-refractivity contribution in [3.05, 3.63) is 66.5 Å². The van der Waals surface area contributed by atoms with Crippen LogP contribution in [0.2, 0.25) is 0 Å². The molecule has 1 N–H and O–H groups in total. The number of para-hydroxylation sites is 1. The second-order valence-electron chi connectivity index (χ2n) is 7.53. The largest absolute Gasteiger partial charge is 0.456 e.